The average Bonchev–Trinajstić information content (AvgIpc) is 2.44. The largest absolute Gasteiger partial charge is 0.305 e. The minimum Gasteiger partial charge on any atom is -0.305 e. The minimum absolute atomic E-state index is 0.120. The number of rotatable bonds is 6. The molecule has 1 unspecified atom stereocenters. The summed E-state index contributed by atoms with van der Waals surface area (Å²) in [6.45, 7) is 4.32. The zero-order valence-electron chi connectivity index (χ0n) is 12.3. The maximum atomic E-state index is 6.58. The van der Waals surface area contributed by atoms with Crippen molar-refractivity contribution < 1.29 is 0 Å². The standard InChI is InChI=1S/C17H26ClN/c1-3-4-11-19(2)13-17(18)16-10-9-14-7-5-6-8-15(14)12-16/h9-10,12,17H,3-8,11,13H2,1-2H3. The number of aryl methyl sites for hydroxylation is 2. The van der Waals surface area contributed by atoms with Crippen molar-refractivity contribution in [1.82, 2.24) is 4.90 Å². The summed E-state index contributed by atoms with van der Waals surface area (Å²) in [5.41, 5.74) is 4.37. The van der Waals surface area contributed by atoms with Crippen molar-refractivity contribution in [2.24, 2.45) is 0 Å². The molecule has 0 aromatic heterocycles. The summed E-state index contributed by atoms with van der Waals surface area (Å²) in [7, 11) is 2.17. The highest BCUT2D eigenvalue weighted by molar-refractivity contribution is 6.21. The highest BCUT2D eigenvalue weighted by atomic mass is 35.5. The van der Waals surface area contributed by atoms with E-state index in [0.717, 1.165) is 13.1 Å². The van der Waals surface area contributed by atoms with Gasteiger partial charge >= 0.3 is 0 Å². The van der Waals surface area contributed by atoms with Crippen LogP contribution in [0.5, 0.6) is 0 Å². The molecule has 2 rings (SSSR count). The minimum atomic E-state index is 0.120. The summed E-state index contributed by atoms with van der Waals surface area (Å²) < 4.78 is 0. The Morgan fingerprint density at radius 1 is 1.21 bits per heavy atom. The molecule has 0 saturated carbocycles. The Balaban J connectivity index is 1.97. The third-order valence-corrected chi connectivity index (χ3v) is 4.49. The second kappa shape index (κ2) is 7.31. The maximum Gasteiger partial charge on any atom is 0.0712 e. The monoisotopic (exact) mass is 279 g/mol. The SMILES string of the molecule is CCCCN(C)CC(Cl)c1ccc2c(c1)CCCC2. The number of unbranched alkanes of at least 4 members (excludes halogenated alkanes) is 1. The molecule has 0 spiro atoms. The first kappa shape index (κ1) is 14.9. The van der Waals surface area contributed by atoms with Crippen molar-refractivity contribution in [3.8, 4) is 0 Å². The second-order valence-corrected chi connectivity index (χ2v) is 6.35. The van der Waals surface area contributed by atoms with Gasteiger partial charge < -0.3 is 4.90 Å². The average molecular weight is 280 g/mol. The van der Waals surface area contributed by atoms with Gasteiger partial charge in [0.15, 0.2) is 0 Å². The molecule has 1 atom stereocenters. The van der Waals surface area contributed by atoms with Crippen LogP contribution in [0.2, 0.25) is 0 Å². The fourth-order valence-electron chi connectivity index (χ4n) is 2.85. The van der Waals surface area contributed by atoms with Crippen LogP contribution in [-0.4, -0.2) is 25.0 Å². The molecule has 2 heteroatoms. The molecule has 1 nitrogen and oxygen atoms in total. The van der Waals surface area contributed by atoms with Gasteiger partial charge in [-0.3, -0.25) is 0 Å². The van der Waals surface area contributed by atoms with Crippen LogP contribution in [0.3, 0.4) is 0 Å². The van der Waals surface area contributed by atoms with E-state index in [4.69, 9.17) is 11.6 Å². The summed E-state index contributed by atoms with van der Waals surface area (Å²) >= 11 is 6.58. The van der Waals surface area contributed by atoms with Crippen molar-refractivity contribution in [2.75, 3.05) is 20.1 Å². The number of halogens is 1. The molecule has 1 aliphatic carbocycles. The molecule has 1 aliphatic rings. The predicted octanol–water partition coefficient (Wildman–Crippen LogP) is 4.58. The van der Waals surface area contributed by atoms with Crippen molar-refractivity contribution in [3.05, 3.63) is 34.9 Å². The molecular formula is C17H26ClN. The lowest BCUT2D eigenvalue weighted by molar-refractivity contribution is 0.328. The van der Waals surface area contributed by atoms with Gasteiger partial charge in [0, 0.05) is 6.54 Å². The van der Waals surface area contributed by atoms with E-state index >= 15 is 0 Å². The van der Waals surface area contributed by atoms with E-state index < -0.39 is 0 Å². The van der Waals surface area contributed by atoms with Gasteiger partial charge in [0.1, 0.15) is 0 Å². The topological polar surface area (TPSA) is 3.24 Å². The Kier molecular flexibility index (Phi) is 5.72. The molecule has 0 amide bonds. The molecule has 0 N–H and O–H groups in total. The highest BCUT2D eigenvalue weighted by Gasteiger charge is 2.14. The molecule has 1 aromatic carbocycles. The first-order valence-corrected chi connectivity index (χ1v) is 8.08. The zero-order chi connectivity index (χ0) is 13.7. The van der Waals surface area contributed by atoms with Gasteiger partial charge in [-0.15, -0.1) is 11.6 Å². The Labute approximate surface area is 123 Å². The number of alkyl halides is 1. The van der Waals surface area contributed by atoms with Crippen LogP contribution in [0.1, 0.15) is 54.7 Å². The van der Waals surface area contributed by atoms with Gasteiger partial charge in [-0.05, 0) is 62.4 Å². The summed E-state index contributed by atoms with van der Waals surface area (Å²) in [6, 6.07) is 6.88. The second-order valence-electron chi connectivity index (χ2n) is 5.82. The van der Waals surface area contributed by atoms with Gasteiger partial charge in [-0.2, -0.15) is 0 Å². The van der Waals surface area contributed by atoms with Gasteiger partial charge in [0.05, 0.1) is 5.38 Å². The van der Waals surface area contributed by atoms with E-state index in [9.17, 15) is 0 Å². The van der Waals surface area contributed by atoms with Crippen LogP contribution >= 0.6 is 11.6 Å². The van der Waals surface area contributed by atoms with Crippen LogP contribution in [-0.2, 0) is 12.8 Å². The molecule has 1 aromatic rings. The fraction of sp³-hybridized carbons (Fsp3) is 0.647. The molecule has 0 radical (unpaired) electrons. The molecule has 0 saturated heterocycles. The van der Waals surface area contributed by atoms with Crippen LogP contribution < -0.4 is 0 Å². The first-order valence-electron chi connectivity index (χ1n) is 7.65. The third kappa shape index (κ3) is 4.22. The number of hydrogen-bond acceptors (Lipinski definition) is 1. The lowest BCUT2D eigenvalue weighted by Crippen LogP contribution is -2.23. The Morgan fingerprint density at radius 2 is 1.95 bits per heavy atom. The summed E-state index contributed by atoms with van der Waals surface area (Å²) in [5, 5.41) is 0.120. The molecule has 106 valence electrons. The summed E-state index contributed by atoms with van der Waals surface area (Å²) in [5.74, 6) is 0. The van der Waals surface area contributed by atoms with E-state index in [1.165, 1.54) is 49.7 Å². The Morgan fingerprint density at radius 3 is 2.68 bits per heavy atom. The smallest absolute Gasteiger partial charge is 0.0712 e. The van der Waals surface area contributed by atoms with Gasteiger partial charge in [0.25, 0.3) is 0 Å². The molecule has 0 aliphatic heterocycles. The maximum absolute atomic E-state index is 6.58. The number of hydrogen-bond donors (Lipinski definition) is 0. The number of benzene rings is 1. The number of nitrogens with zero attached hydrogens (tertiary/aromatic N) is 1. The molecular weight excluding hydrogens is 254 g/mol. The molecule has 0 fully saturated rings. The van der Waals surface area contributed by atoms with Crippen LogP contribution in [0.4, 0.5) is 0 Å². The van der Waals surface area contributed by atoms with Crippen LogP contribution in [0, 0.1) is 0 Å². The normalized spacial score (nSPS) is 16.4. The lowest BCUT2D eigenvalue weighted by Gasteiger charge is -2.22. The number of fused-ring (bicyclic) bond motifs is 1. The highest BCUT2D eigenvalue weighted by Crippen LogP contribution is 2.28. The van der Waals surface area contributed by atoms with E-state index in [0.29, 0.717) is 0 Å². The lowest BCUT2D eigenvalue weighted by atomic mass is 9.90. The quantitative estimate of drug-likeness (QED) is 0.689. The van der Waals surface area contributed by atoms with Crippen molar-refractivity contribution >= 4 is 11.6 Å². The van der Waals surface area contributed by atoms with Crippen molar-refractivity contribution in [2.45, 2.75) is 50.8 Å². The zero-order valence-corrected chi connectivity index (χ0v) is 13.0. The molecule has 0 bridgehead atoms. The van der Waals surface area contributed by atoms with E-state index in [-0.39, 0.29) is 5.38 Å². The van der Waals surface area contributed by atoms with Gasteiger partial charge in [0.2, 0.25) is 0 Å². The first-order chi connectivity index (χ1) is 9.20. The van der Waals surface area contributed by atoms with Crippen LogP contribution in [0.25, 0.3) is 0 Å². The van der Waals surface area contributed by atoms with E-state index in [1.807, 2.05) is 0 Å². The molecule has 0 heterocycles. The number of likely N-dealkylation sites (N-methyl/N-ethyl adjacent to an activating group) is 1. The van der Waals surface area contributed by atoms with Gasteiger partial charge in [-0.1, -0.05) is 31.5 Å². The molecule has 19 heavy (non-hydrogen) atoms. The van der Waals surface area contributed by atoms with Crippen molar-refractivity contribution in [3.63, 3.8) is 0 Å². The third-order valence-electron chi connectivity index (χ3n) is 4.10. The van der Waals surface area contributed by atoms with E-state index in [2.05, 4.69) is 37.1 Å². The Bertz CT molecular complexity index is 402. The van der Waals surface area contributed by atoms with Crippen LogP contribution in [0.15, 0.2) is 18.2 Å². The van der Waals surface area contributed by atoms with Crippen molar-refractivity contribution in [1.29, 1.82) is 0 Å². The fourth-order valence-corrected chi connectivity index (χ4v) is 3.22. The summed E-state index contributed by atoms with van der Waals surface area (Å²) in [6.07, 6.45) is 7.66. The Hall–Kier alpha value is -0.530. The predicted molar refractivity (Wildman–Crippen MR) is 84.1 cm³/mol. The van der Waals surface area contributed by atoms with E-state index in [1.54, 1.807) is 5.56 Å². The van der Waals surface area contributed by atoms with Gasteiger partial charge in [-0.25, -0.2) is 0 Å². The summed E-state index contributed by atoms with van der Waals surface area (Å²) in [4.78, 5) is 2.35.